The topological polar surface area (TPSA) is 168 Å². The first-order valence-electron chi connectivity index (χ1n) is 16.1. The summed E-state index contributed by atoms with van der Waals surface area (Å²) in [6, 6.07) is 0.832. The Hall–Kier alpha value is -3.41. The number of carbonyl (C=O) groups excluding carboxylic acids is 3. The molecule has 1 aromatic rings. The van der Waals surface area contributed by atoms with Crippen LogP contribution in [-0.4, -0.2) is 101 Å². The Morgan fingerprint density at radius 3 is 2.11 bits per heavy atom. The van der Waals surface area contributed by atoms with Gasteiger partial charge in [0, 0.05) is 43.4 Å². The number of aromatic hydroxyl groups is 1. The van der Waals surface area contributed by atoms with Crippen molar-refractivity contribution in [3.63, 3.8) is 0 Å². The van der Waals surface area contributed by atoms with Crippen LogP contribution in [0.5, 0.6) is 5.75 Å². The van der Waals surface area contributed by atoms with E-state index in [4.69, 9.17) is 5.73 Å². The number of amides is 1. The maximum absolute atomic E-state index is 14.2. The van der Waals surface area contributed by atoms with E-state index in [2.05, 4.69) is 18.7 Å². The second kappa shape index (κ2) is 13.5. The Morgan fingerprint density at radius 2 is 1.60 bits per heavy atom. The third-order valence-electron chi connectivity index (χ3n) is 9.81. The Labute approximate surface area is 266 Å². The van der Waals surface area contributed by atoms with Crippen LogP contribution in [0.4, 0.5) is 5.69 Å². The fourth-order valence-corrected chi connectivity index (χ4v) is 7.55. The number of primary amides is 1. The Bertz CT molecular complexity index is 1410. The molecule has 3 aliphatic carbocycles. The van der Waals surface area contributed by atoms with Crippen molar-refractivity contribution in [3.05, 3.63) is 39.7 Å². The largest absolute Gasteiger partial charge is 0.508 e. The number of aliphatic hydroxyl groups is 3. The zero-order chi connectivity index (χ0) is 33.4. The second-order valence-corrected chi connectivity index (χ2v) is 13.3. The van der Waals surface area contributed by atoms with Crippen LogP contribution < -0.4 is 10.6 Å². The van der Waals surface area contributed by atoms with Crippen molar-refractivity contribution in [2.75, 3.05) is 46.2 Å². The van der Waals surface area contributed by atoms with Crippen LogP contribution in [0.15, 0.2) is 23.0 Å². The molecule has 1 saturated carbocycles. The minimum Gasteiger partial charge on any atom is -0.508 e. The van der Waals surface area contributed by atoms with E-state index >= 15 is 0 Å². The molecule has 6 N–H and O–H groups in total. The molecule has 1 amide bonds. The number of unbranched alkanes of at least 4 members (excludes halogenated alkanes) is 4. The maximum Gasteiger partial charge on any atom is 0.255 e. The van der Waals surface area contributed by atoms with Gasteiger partial charge >= 0.3 is 0 Å². The SMILES string of the molecule is CCCCCN(CCCCC)Cc1cc(N(C)C)c2c(c1O)C(O)=C1C(=O)C3(O)C(O)=C(C(N)=O)C(=O)C(N(C)C)C3CC1C2. The molecule has 4 atom stereocenters. The van der Waals surface area contributed by atoms with Crippen LogP contribution in [0, 0.1) is 11.8 Å². The average Bonchev–Trinajstić information content (AvgIpc) is 2.95. The fourth-order valence-electron chi connectivity index (χ4n) is 7.55. The van der Waals surface area contributed by atoms with Gasteiger partial charge in [-0.05, 0) is 70.4 Å². The zero-order valence-electron chi connectivity index (χ0n) is 27.5. The molecule has 1 fully saturated rings. The fraction of sp³-hybridized carbons (Fsp3) is 0.618. The summed E-state index contributed by atoms with van der Waals surface area (Å²) >= 11 is 0. The van der Waals surface area contributed by atoms with Gasteiger partial charge in [-0.25, -0.2) is 0 Å². The Balaban J connectivity index is 1.86. The molecule has 11 heteroatoms. The van der Waals surface area contributed by atoms with E-state index in [9.17, 15) is 34.8 Å². The molecule has 4 unspecified atom stereocenters. The van der Waals surface area contributed by atoms with Gasteiger partial charge in [0.2, 0.25) is 5.78 Å². The van der Waals surface area contributed by atoms with Crippen LogP contribution in [0.3, 0.4) is 0 Å². The zero-order valence-corrected chi connectivity index (χ0v) is 27.5. The van der Waals surface area contributed by atoms with Gasteiger partial charge in [-0.2, -0.15) is 0 Å². The molecule has 248 valence electrons. The predicted molar refractivity (Wildman–Crippen MR) is 173 cm³/mol. The van der Waals surface area contributed by atoms with Crippen molar-refractivity contribution >= 4 is 28.9 Å². The molecule has 1 aromatic carbocycles. The van der Waals surface area contributed by atoms with Crippen LogP contribution in [0.2, 0.25) is 0 Å². The summed E-state index contributed by atoms with van der Waals surface area (Å²) in [7, 11) is 6.94. The van der Waals surface area contributed by atoms with Gasteiger partial charge in [0.15, 0.2) is 11.4 Å². The van der Waals surface area contributed by atoms with Gasteiger partial charge in [0.05, 0.1) is 11.6 Å². The molecule has 0 radical (unpaired) electrons. The van der Waals surface area contributed by atoms with Crippen molar-refractivity contribution in [1.29, 1.82) is 0 Å². The highest BCUT2D eigenvalue weighted by molar-refractivity contribution is 6.24. The van der Waals surface area contributed by atoms with E-state index in [-0.39, 0.29) is 29.7 Å². The van der Waals surface area contributed by atoms with Gasteiger partial charge in [-0.1, -0.05) is 39.5 Å². The van der Waals surface area contributed by atoms with Gasteiger partial charge in [-0.15, -0.1) is 0 Å². The maximum atomic E-state index is 14.2. The number of nitrogens with zero attached hydrogens (tertiary/aromatic N) is 3. The highest BCUT2D eigenvalue weighted by atomic mass is 16.3. The van der Waals surface area contributed by atoms with Crippen molar-refractivity contribution in [1.82, 2.24) is 9.80 Å². The Kier molecular flexibility index (Phi) is 10.4. The smallest absolute Gasteiger partial charge is 0.255 e. The number of ketones is 2. The lowest BCUT2D eigenvalue weighted by Gasteiger charge is -2.50. The van der Waals surface area contributed by atoms with E-state index in [1.165, 1.54) is 4.90 Å². The standard InChI is InChI=1S/C34H50N4O7/c1-7-9-11-13-38(14-12-10-8-2)18-20-17-23(36(3)4)21-15-19-16-22-27(37(5)6)30(41)26(33(35)44)32(43)34(22,45)31(42)24(19)29(40)25(21)28(20)39/h17,19,22,27,39-40,43,45H,7-16,18H2,1-6H3,(H2,35,44). The summed E-state index contributed by atoms with van der Waals surface area (Å²) in [5, 5.41) is 46.5. The van der Waals surface area contributed by atoms with E-state index in [0.717, 1.165) is 57.3 Å². The van der Waals surface area contributed by atoms with Crippen molar-refractivity contribution < 1.29 is 34.8 Å². The number of Topliss-reactive ketones (excluding diaryl/α,β-unsaturated/α-hetero) is 2. The molecule has 0 bridgehead atoms. The normalized spacial score (nSPS) is 24.7. The van der Waals surface area contributed by atoms with Gasteiger partial charge in [-0.3, -0.25) is 24.2 Å². The average molecular weight is 627 g/mol. The summed E-state index contributed by atoms with van der Waals surface area (Å²) in [5.74, 6) is -6.40. The summed E-state index contributed by atoms with van der Waals surface area (Å²) in [6.45, 7) is 6.51. The molecule has 0 aromatic heterocycles. The molecule has 4 rings (SSSR count). The number of phenolic OH excluding ortho intramolecular Hbond substituents is 1. The highest BCUT2D eigenvalue weighted by Gasteiger charge is 2.64. The number of hydrogen-bond acceptors (Lipinski definition) is 10. The molecule has 11 nitrogen and oxygen atoms in total. The number of rotatable bonds is 13. The number of anilines is 1. The lowest BCUT2D eigenvalue weighted by atomic mass is 9.57. The van der Waals surface area contributed by atoms with E-state index < -0.39 is 58.0 Å². The third kappa shape index (κ3) is 5.97. The minimum atomic E-state index is -2.66. The van der Waals surface area contributed by atoms with Crippen molar-refractivity contribution in [2.45, 2.75) is 83.4 Å². The highest BCUT2D eigenvalue weighted by Crippen LogP contribution is 2.54. The predicted octanol–water partition coefficient (Wildman–Crippen LogP) is 3.21. The second-order valence-electron chi connectivity index (χ2n) is 13.3. The number of carbonyl (C=O) groups is 3. The molecular formula is C34H50N4O7. The number of nitrogens with two attached hydrogens (primary N) is 1. The summed E-state index contributed by atoms with van der Waals surface area (Å²) in [6.07, 6.45) is 6.76. The summed E-state index contributed by atoms with van der Waals surface area (Å²) in [5.41, 5.74) is 4.03. The number of aliphatic hydroxyl groups excluding tert-OH is 2. The summed E-state index contributed by atoms with van der Waals surface area (Å²) in [4.78, 5) is 45.6. The molecule has 0 heterocycles. The van der Waals surface area contributed by atoms with Crippen molar-refractivity contribution in [2.24, 2.45) is 17.6 Å². The van der Waals surface area contributed by atoms with Gasteiger partial charge in [0.25, 0.3) is 5.91 Å². The lowest BCUT2D eigenvalue weighted by molar-refractivity contribution is -0.153. The number of benzene rings is 1. The van der Waals surface area contributed by atoms with Gasteiger partial charge < -0.3 is 31.1 Å². The van der Waals surface area contributed by atoms with E-state index in [0.29, 0.717) is 17.7 Å². The van der Waals surface area contributed by atoms with E-state index in [1.54, 1.807) is 14.1 Å². The molecule has 0 aliphatic heterocycles. The van der Waals surface area contributed by atoms with Crippen LogP contribution in [0.25, 0.3) is 5.76 Å². The quantitative estimate of drug-likeness (QED) is 0.162. The molecular weight excluding hydrogens is 576 g/mol. The minimum absolute atomic E-state index is 0.0593. The lowest BCUT2D eigenvalue weighted by Crippen LogP contribution is -2.65. The first kappa shape index (κ1) is 34.5. The molecule has 45 heavy (non-hydrogen) atoms. The number of hydrogen-bond donors (Lipinski definition) is 5. The molecule has 3 aliphatic rings. The number of phenols is 1. The van der Waals surface area contributed by atoms with Crippen LogP contribution in [-0.2, 0) is 27.3 Å². The third-order valence-corrected chi connectivity index (χ3v) is 9.81. The monoisotopic (exact) mass is 626 g/mol. The van der Waals surface area contributed by atoms with Crippen LogP contribution in [0.1, 0.15) is 75.5 Å². The first-order chi connectivity index (χ1) is 21.2. The van der Waals surface area contributed by atoms with E-state index in [1.807, 2.05) is 25.1 Å². The molecule has 0 spiro atoms. The van der Waals surface area contributed by atoms with Crippen molar-refractivity contribution in [3.8, 4) is 5.75 Å². The number of likely N-dealkylation sites (N-methyl/N-ethyl adjacent to an activating group) is 1. The Morgan fingerprint density at radius 1 is 1.00 bits per heavy atom. The first-order valence-corrected chi connectivity index (χ1v) is 16.1. The molecule has 0 saturated heterocycles. The summed E-state index contributed by atoms with van der Waals surface area (Å²) < 4.78 is 0. The van der Waals surface area contributed by atoms with Gasteiger partial charge in [0.1, 0.15) is 22.8 Å². The number of fused-ring (bicyclic) bond motifs is 3. The van der Waals surface area contributed by atoms with Crippen LogP contribution >= 0.6 is 0 Å².